The first-order chi connectivity index (χ1) is 8.35. The predicted octanol–water partition coefficient (Wildman–Crippen LogP) is 1.04. The van der Waals surface area contributed by atoms with E-state index in [1.807, 2.05) is 32.8 Å². The molecule has 0 aromatic heterocycles. The summed E-state index contributed by atoms with van der Waals surface area (Å²) in [5.74, 6) is -1.17. The third kappa shape index (κ3) is 2.66. The molecule has 0 aliphatic heterocycles. The average molecular weight is 256 g/mol. The SMILES string of the molecule is CCN(C(=O)C1(C(=O)O)CCC1)C(C)CN(C)C. The molecule has 0 heterocycles. The van der Waals surface area contributed by atoms with Crippen LogP contribution in [0.4, 0.5) is 0 Å². The molecule has 18 heavy (non-hydrogen) atoms. The molecule has 0 saturated heterocycles. The summed E-state index contributed by atoms with van der Waals surface area (Å²) < 4.78 is 0. The van der Waals surface area contributed by atoms with E-state index < -0.39 is 11.4 Å². The molecule has 0 aromatic carbocycles. The summed E-state index contributed by atoms with van der Waals surface area (Å²) in [5, 5.41) is 9.30. The van der Waals surface area contributed by atoms with E-state index in [9.17, 15) is 14.7 Å². The Bertz CT molecular complexity index is 324. The Labute approximate surface area is 109 Å². The molecule has 0 aromatic rings. The number of aliphatic carboxylic acids is 1. The van der Waals surface area contributed by atoms with Crippen molar-refractivity contribution in [3.63, 3.8) is 0 Å². The molecule has 5 nitrogen and oxygen atoms in total. The van der Waals surface area contributed by atoms with Crippen LogP contribution in [0, 0.1) is 5.41 Å². The number of carboxylic acids is 1. The molecule has 1 amide bonds. The lowest BCUT2D eigenvalue weighted by molar-refractivity contribution is -0.168. The number of carbonyl (C=O) groups excluding carboxylic acids is 1. The molecule has 1 atom stereocenters. The van der Waals surface area contributed by atoms with Gasteiger partial charge in [-0.25, -0.2) is 0 Å². The molecule has 104 valence electrons. The number of rotatable bonds is 6. The Morgan fingerprint density at radius 3 is 2.17 bits per heavy atom. The van der Waals surface area contributed by atoms with Gasteiger partial charge in [0, 0.05) is 19.1 Å². The number of hydrogen-bond acceptors (Lipinski definition) is 3. The van der Waals surface area contributed by atoms with Gasteiger partial charge in [-0.2, -0.15) is 0 Å². The first kappa shape index (κ1) is 15.0. The predicted molar refractivity (Wildman–Crippen MR) is 69.3 cm³/mol. The Balaban J connectivity index is 2.81. The maximum absolute atomic E-state index is 12.5. The number of carbonyl (C=O) groups is 2. The van der Waals surface area contributed by atoms with Gasteiger partial charge in [0.15, 0.2) is 0 Å². The molecular weight excluding hydrogens is 232 g/mol. The van der Waals surface area contributed by atoms with Gasteiger partial charge in [-0.1, -0.05) is 6.42 Å². The van der Waals surface area contributed by atoms with Crippen LogP contribution < -0.4 is 0 Å². The highest BCUT2D eigenvalue weighted by atomic mass is 16.4. The van der Waals surface area contributed by atoms with E-state index in [2.05, 4.69) is 0 Å². The molecule has 1 aliphatic carbocycles. The van der Waals surface area contributed by atoms with Gasteiger partial charge < -0.3 is 14.9 Å². The molecule has 1 rings (SSSR count). The maximum atomic E-state index is 12.5. The second-order valence-corrected chi connectivity index (χ2v) is 5.44. The van der Waals surface area contributed by atoms with E-state index in [1.165, 1.54) is 0 Å². The van der Waals surface area contributed by atoms with E-state index in [-0.39, 0.29) is 11.9 Å². The zero-order chi connectivity index (χ0) is 13.9. The minimum atomic E-state index is -1.14. The molecule has 1 unspecified atom stereocenters. The van der Waals surface area contributed by atoms with Gasteiger partial charge in [-0.3, -0.25) is 9.59 Å². The highest BCUT2D eigenvalue weighted by Gasteiger charge is 2.53. The number of likely N-dealkylation sites (N-methyl/N-ethyl adjacent to an activating group) is 2. The molecule has 1 saturated carbocycles. The molecule has 5 heteroatoms. The molecule has 0 bridgehead atoms. The summed E-state index contributed by atoms with van der Waals surface area (Å²) in [4.78, 5) is 27.5. The minimum absolute atomic E-state index is 0.0364. The van der Waals surface area contributed by atoms with Crippen LogP contribution in [-0.2, 0) is 9.59 Å². The van der Waals surface area contributed by atoms with E-state index >= 15 is 0 Å². The quantitative estimate of drug-likeness (QED) is 0.721. The minimum Gasteiger partial charge on any atom is -0.480 e. The van der Waals surface area contributed by atoms with Crippen molar-refractivity contribution in [3.05, 3.63) is 0 Å². The van der Waals surface area contributed by atoms with E-state index in [4.69, 9.17) is 0 Å². The van der Waals surface area contributed by atoms with Crippen LogP contribution in [0.1, 0.15) is 33.1 Å². The number of amides is 1. The fourth-order valence-electron chi connectivity index (χ4n) is 2.61. The zero-order valence-corrected chi connectivity index (χ0v) is 11.8. The van der Waals surface area contributed by atoms with Gasteiger partial charge >= 0.3 is 5.97 Å². The van der Waals surface area contributed by atoms with Crippen LogP contribution in [-0.4, -0.2) is 60.0 Å². The smallest absolute Gasteiger partial charge is 0.319 e. The van der Waals surface area contributed by atoms with Crippen molar-refractivity contribution in [1.82, 2.24) is 9.80 Å². The van der Waals surface area contributed by atoms with Crippen LogP contribution in [0.15, 0.2) is 0 Å². The van der Waals surface area contributed by atoms with Crippen molar-refractivity contribution in [2.24, 2.45) is 5.41 Å². The van der Waals surface area contributed by atoms with Gasteiger partial charge in [0.1, 0.15) is 5.41 Å². The van der Waals surface area contributed by atoms with Crippen molar-refractivity contribution >= 4 is 11.9 Å². The lowest BCUT2D eigenvalue weighted by atomic mass is 9.67. The lowest BCUT2D eigenvalue weighted by Gasteiger charge is -2.42. The van der Waals surface area contributed by atoms with Crippen LogP contribution >= 0.6 is 0 Å². The largest absolute Gasteiger partial charge is 0.480 e. The van der Waals surface area contributed by atoms with E-state index in [0.717, 1.165) is 13.0 Å². The fraction of sp³-hybridized carbons (Fsp3) is 0.846. The molecule has 1 aliphatic rings. The molecule has 1 fully saturated rings. The fourth-order valence-corrected chi connectivity index (χ4v) is 2.61. The monoisotopic (exact) mass is 256 g/mol. The standard InChI is InChI=1S/C13H24N2O3/c1-5-15(10(2)9-14(3)4)11(16)13(12(17)18)7-6-8-13/h10H,5-9H2,1-4H3,(H,17,18). The molecule has 0 radical (unpaired) electrons. The lowest BCUT2D eigenvalue weighted by Crippen LogP contribution is -2.56. The third-order valence-corrected chi connectivity index (χ3v) is 3.79. The van der Waals surface area contributed by atoms with E-state index in [1.54, 1.807) is 4.90 Å². The van der Waals surface area contributed by atoms with Crippen LogP contribution in [0.2, 0.25) is 0 Å². The van der Waals surface area contributed by atoms with Crippen molar-refractivity contribution in [2.75, 3.05) is 27.2 Å². The second kappa shape index (κ2) is 5.69. The van der Waals surface area contributed by atoms with Crippen LogP contribution in [0.5, 0.6) is 0 Å². The number of carboxylic acid groups (broad SMARTS) is 1. The summed E-state index contributed by atoms with van der Waals surface area (Å²) >= 11 is 0. The van der Waals surface area contributed by atoms with Crippen LogP contribution in [0.3, 0.4) is 0 Å². The first-order valence-corrected chi connectivity index (χ1v) is 6.54. The summed E-state index contributed by atoms with van der Waals surface area (Å²) in [6.07, 6.45) is 1.79. The summed E-state index contributed by atoms with van der Waals surface area (Å²) in [7, 11) is 3.90. The maximum Gasteiger partial charge on any atom is 0.319 e. The first-order valence-electron chi connectivity index (χ1n) is 6.54. The summed E-state index contributed by atoms with van der Waals surface area (Å²) in [6.45, 7) is 5.17. The Hall–Kier alpha value is -1.10. The number of nitrogens with zero attached hydrogens (tertiary/aromatic N) is 2. The van der Waals surface area contributed by atoms with Gasteiger partial charge in [0.05, 0.1) is 0 Å². The zero-order valence-electron chi connectivity index (χ0n) is 11.8. The van der Waals surface area contributed by atoms with Gasteiger partial charge in [0.25, 0.3) is 0 Å². The highest BCUT2D eigenvalue weighted by molar-refractivity contribution is 6.02. The Morgan fingerprint density at radius 2 is 1.89 bits per heavy atom. The van der Waals surface area contributed by atoms with Crippen molar-refractivity contribution in [3.8, 4) is 0 Å². The van der Waals surface area contributed by atoms with Crippen molar-refractivity contribution in [1.29, 1.82) is 0 Å². The molecule has 0 spiro atoms. The highest BCUT2D eigenvalue weighted by Crippen LogP contribution is 2.43. The third-order valence-electron chi connectivity index (χ3n) is 3.79. The second-order valence-electron chi connectivity index (χ2n) is 5.44. The Morgan fingerprint density at radius 1 is 1.33 bits per heavy atom. The van der Waals surface area contributed by atoms with Gasteiger partial charge in [0.2, 0.25) is 5.91 Å². The van der Waals surface area contributed by atoms with Crippen molar-refractivity contribution in [2.45, 2.75) is 39.2 Å². The molecule has 1 N–H and O–H groups in total. The van der Waals surface area contributed by atoms with Crippen LogP contribution in [0.25, 0.3) is 0 Å². The Kier molecular flexibility index (Phi) is 4.73. The summed E-state index contributed by atoms with van der Waals surface area (Å²) in [6, 6.07) is 0.0364. The normalized spacial score (nSPS) is 19.2. The van der Waals surface area contributed by atoms with Gasteiger partial charge in [-0.05, 0) is 40.8 Å². The van der Waals surface area contributed by atoms with Gasteiger partial charge in [-0.15, -0.1) is 0 Å². The summed E-state index contributed by atoms with van der Waals surface area (Å²) in [5.41, 5.74) is -1.14. The topological polar surface area (TPSA) is 60.9 Å². The van der Waals surface area contributed by atoms with E-state index in [0.29, 0.717) is 19.4 Å². The molecular formula is C13H24N2O3. The number of hydrogen-bond donors (Lipinski definition) is 1. The average Bonchev–Trinajstić information content (AvgIpc) is 2.14. The van der Waals surface area contributed by atoms with Crippen molar-refractivity contribution < 1.29 is 14.7 Å².